The predicted octanol–water partition coefficient (Wildman–Crippen LogP) is 6.88. The van der Waals surface area contributed by atoms with Crippen molar-refractivity contribution in [1.29, 1.82) is 0 Å². The van der Waals surface area contributed by atoms with E-state index in [1.807, 2.05) is 42.5 Å². The molecule has 0 radical (unpaired) electrons. The summed E-state index contributed by atoms with van der Waals surface area (Å²) in [4.78, 5) is 35.4. The first-order valence-electron chi connectivity index (χ1n) is 13.0. The average molecular weight is 579 g/mol. The maximum absolute atomic E-state index is 13.7. The maximum atomic E-state index is 13.7. The number of H-pyrrole nitrogens is 1. The van der Waals surface area contributed by atoms with Crippen LogP contribution in [0.25, 0.3) is 11.3 Å². The number of hydrogen-bond donors (Lipinski definition) is 3. The van der Waals surface area contributed by atoms with E-state index in [9.17, 15) is 9.59 Å². The number of nitrogens with one attached hydrogen (secondary N) is 3. The van der Waals surface area contributed by atoms with Crippen molar-refractivity contribution in [3.05, 3.63) is 99.9 Å². The molecule has 0 saturated carbocycles. The van der Waals surface area contributed by atoms with Gasteiger partial charge < -0.3 is 19.9 Å². The lowest BCUT2D eigenvalue weighted by Crippen LogP contribution is -2.32. The second-order valence-corrected chi connectivity index (χ2v) is 10.4. The number of halogens is 2. The lowest BCUT2D eigenvalue weighted by atomic mass is 10.0. The van der Waals surface area contributed by atoms with Gasteiger partial charge in [0.05, 0.1) is 18.7 Å². The summed E-state index contributed by atoms with van der Waals surface area (Å²) < 4.78 is 4.64. The van der Waals surface area contributed by atoms with E-state index in [1.165, 1.54) is 7.11 Å². The Morgan fingerprint density at radius 3 is 2.45 bits per heavy atom. The molecule has 5 rings (SSSR count). The van der Waals surface area contributed by atoms with Crippen LogP contribution < -0.4 is 15.5 Å². The number of ether oxygens (including phenoxy) is 1. The van der Waals surface area contributed by atoms with Crippen LogP contribution >= 0.6 is 23.2 Å². The Kier molecular flexibility index (Phi) is 8.57. The number of rotatable bonds is 8. The van der Waals surface area contributed by atoms with Crippen LogP contribution in [0.1, 0.15) is 40.6 Å². The van der Waals surface area contributed by atoms with Gasteiger partial charge in [-0.3, -0.25) is 10.1 Å². The molecule has 8 nitrogen and oxygen atoms in total. The van der Waals surface area contributed by atoms with Crippen LogP contribution in [0.3, 0.4) is 0 Å². The number of aromatic amines is 1. The van der Waals surface area contributed by atoms with Gasteiger partial charge in [-0.15, -0.1) is 0 Å². The minimum Gasteiger partial charge on any atom is -0.453 e. The summed E-state index contributed by atoms with van der Waals surface area (Å²) in [5.74, 6) is 0.288. The van der Waals surface area contributed by atoms with Gasteiger partial charge in [0.1, 0.15) is 16.7 Å². The minimum atomic E-state index is -0.556. The number of anilines is 2. The molecule has 1 fully saturated rings. The van der Waals surface area contributed by atoms with E-state index >= 15 is 0 Å². The van der Waals surface area contributed by atoms with E-state index in [2.05, 4.69) is 25.3 Å². The molecular weight excluding hydrogens is 549 g/mol. The first-order chi connectivity index (χ1) is 19.4. The van der Waals surface area contributed by atoms with Gasteiger partial charge in [0, 0.05) is 35.1 Å². The van der Waals surface area contributed by atoms with Crippen LogP contribution in [0.2, 0.25) is 10.2 Å². The van der Waals surface area contributed by atoms with Crippen molar-refractivity contribution >= 4 is 46.6 Å². The van der Waals surface area contributed by atoms with E-state index < -0.39 is 12.1 Å². The zero-order valence-electron chi connectivity index (χ0n) is 21.9. The maximum Gasteiger partial charge on any atom is 0.411 e. The van der Waals surface area contributed by atoms with Crippen molar-refractivity contribution in [1.82, 2.24) is 15.3 Å². The number of amides is 2. The molecule has 3 aromatic carbocycles. The molecule has 0 aliphatic carbocycles. The Bertz CT molecular complexity index is 1490. The summed E-state index contributed by atoms with van der Waals surface area (Å²) >= 11 is 12.9. The molecule has 0 bridgehead atoms. The molecule has 40 heavy (non-hydrogen) atoms. The molecule has 0 unspecified atom stereocenters. The number of carbonyl (C=O) groups is 2. The summed E-state index contributed by atoms with van der Waals surface area (Å²) in [5, 5.41) is 6.64. The van der Waals surface area contributed by atoms with Crippen molar-refractivity contribution in [3.8, 4) is 11.3 Å². The zero-order chi connectivity index (χ0) is 28.1. The lowest BCUT2D eigenvalue weighted by molar-refractivity contribution is 0.0935. The van der Waals surface area contributed by atoms with Gasteiger partial charge in [-0.1, -0.05) is 65.7 Å². The third kappa shape index (κ3) is 6.41. The highest BCUT2D eigenvalue weighted by Gasteiger charge is 2.25. The molecule has 2 amide bonds. The molecule has 10 heteroatoms. The monoisotopic (exact) mass is 577 g/mol. The van der Waals surface area contributed by atoms with Crippen LogP contribution in [0.15, 0.2) is 72.8 Å². The van der Waals surface area contributed by atoms with Gasteiger partial charge in [0.15, 0.2) is 0 Å². The van der Waals surface area contributed by atoms with Gasteiger partial charge in [0.2, 0.25) is 0 Å². The minimum absolute atomic E-state index is 0.238. The SMILES string of the molecule is COC(=O)Nc1ccc(-c2nc([C@H](Cc3ccccc3)NC(=O)c3cc(Cl)ccc3N3CCCC3)[nH]c2Cl)cc1. The van der Waals surface area contributed by atoms with E-state index in [0.29, 0.717) is 39.4 Å². The smallest absolute Gasteiger partial charge is 0.411 e. The van der Waals surface area contributed by atoms with Crippen LogP contribution in [0.4, 0.5) is 16.2 Å². The number of carbonyl (C=O) groups excluding carboxylic acids is 2. The van der Waals surface area contributed by atoms with Crippen molar-refractivity contribution < 1.29 is 14.3 Å². The third-order valence-electron chi connectivity index (χ3n) is 6.84. The fourth-order valence-electron chi connectivity index (χ4n) is 4.83. The number of imidazole rings is 1. The van der Waals surface area contributed by atoms with Gasteiger partial charge >= 0.3 is 6.09 Å². The van der Waals surface area contributed by atoms with Crippen LogP contribution in [-0.2, 0) is 11.2 Å². The first-order valence-corrected chi connectivity index (χ1v) is 13.8. The Morgan fingerprint density at radius 2 is 1.75 bits per heavy atom. The van der Waals surface area contributed by atoms with Gasteiger partial charge in [-0.2, -0.15) is 0 Å². The molecule has 206 valence electrons. The largest absolute Gasteiger partial charge is 0.453 e. The van der Waals surface area contributed by atoms with Crippen LogP contribution in [0.5, 0.6) is 0 Å². The molecule has 4 aromatic rings. The molecular formula is C30H29Cl2N5O3. The normalized spacial score (nSPS) is 13.6. The molecule has 0 spiro atoms. The molecule has 1 aliphatic heterocycles. The topological polar surface area (TPSA) is 99.3 Å². The third-order valence-corrected chi connectivity index (χ3v) is 7.34. The highest BCUT2D eigenvalue weighted by molar-refractivity contribution is 6.32. The standard InChI is InChI=1S/C30H29Cl2N5O3/c1-40-30(39)33-22-12-9-20(10-13-22)26-27(32)36-28(35-26)24(17-19-7-3-2-4-8-19)34-29(38)23-18-21(31)11-14-25(23)37-15-5-6-16-37/h2-4,7-14,18,24H,5-6,15-17H2,1H3,(H,33,39)(H,34,38)(H,35,36)/t24-/m0/s1. The lowest BCUT2D eigenvalue weighted by Gasteiger charge is -2.23. The molecule has 1 saturated heterocycles. The van der Waals surface area contributed by atoms with Crippen molar-refractivity contribution in [3.63, 3.8) is 0 Å². The summed E-state index contributed by atoms with van der Waals surface area (Å²) in [6.45, 7) is 1.81. The molecule has 3 N–H and O–H groups in total. The Balaban J connectivity index is 1.44. The summed E-state index contributed by atoms with van der Waals surface area (Å²) in [5.41, 5.74) is 4.29. The molecule has 2 heterocycles. The molecule has 1 atom stereocenters. The Hall–Kier alpha value is -4.01. The predicted molar refractivity (Wildman–Crippen MR) is 158 cm³/mol. The fourth-order valence-corrected chi connectivity index (χ4v) is 5.25. The van der Waals surface area contributed by atoms with E-state index in [0.717, 1.165) is 42.7 Å². The van der Waals surface area contributed by atoms with E-state index in [4.69, 9.17) is 28.2 Å². The molecule has 1 aromatic heterocycles. The molecule has 1 aliphatic rings. The second kappa shape index (κ2) is 12.4. The van der Waals surface area contributed by atoms with Crippen molar-refractivity contribution in [2.75, 3.05) is 30.4 Å². The second-order valence-electron chi connectivity index (χ2n) is 9.55. The number of aromatic nitrogens is 2. The van der Waals surface area contributed by atoms with Crippen LogP contribution in [0, 0.1) is 0 Å². The zero-order valence-corrected chi connectivity index (χ0v) is 23.4. The number of hydrogen-bond acceptors (Lipinski definition) is 5. The van der Waals surface area contributed by atoms with Crippen LogP contribution in [-0.4, -0.2) is 42.2 Å². The Morgan fingerprint density at radius 1 is 1.02 bits per heavy atom. The quantitative estimate of drug-likeness (QED) is 0.212. The highest BCUT2D eigenvalue weighted by atomic mass is 35.5. The van der Waals surface area contributed by atoms with Gasteiger partial charge in [-0.05, 0) is 55.2 Å². The van der Waals surface area contributed by atoms with Crippen molar-refractivity contribution in [2.24, 2.45) is 0 Å². The van der Waals surface area contributed by atoms with E-state index in [1.54, 1.807) is 30.3 Å². The average Bonchev–Trinajstić information content (AvgIpc) is 3.64. The Labute approximate surface area is 242 Å². The summed E-state index contributed by atoms with van der Waals surface area (Å²) in [6, 6.07) is 21.9. The van der Waals surface area contributed by atoms with Gasteiger partial charge in [0.25, 0.3) is 5.91 Å². The number of benzene rings is 3. The number of nitrogens with zero attached hydrogens (tertiary/aromatic N) is 2. The number of methoxy groups -OCH3 is 1. The highest BCUT2D eigenvalue weighted by Crippen LogP contribution is 2.31. The van der Waals surface area contributed by atoms with E-state index in [-0.39, 0.29) is 5.91 Å². The first kappa shape index (κ1) is 27.6. The fraction of sp³-hybridized carbons (Fsp3) is 0.233. The van der Waals surface area contributed by atoms with Gasteiger partial charge in [-0.25, -0.2) is 9.78 Å². The summed E-state index contributed by atoms with van der Waals surface area (Å²) in [7, 11) is 1.30. The van der Waals surface area contributed by atoms with Crippen molar-refractivity contribution in [2.45, 2.75) is 25.3 Å². The summed E-state index contributed by atoms with van der Waals surface area (Å²) in [6.07, 6.45) is 2.12.